The SMILES string of the molecule is COc1ccnc(N2CC(C)C(N)C2)n1. The molecule has 2 rings (SSSR count). The van der Waals surface area contributed by atoms with E-state index in [1.165, 1.54) is 0 Å². The first kappa shape index (κ1) is 10.2. The van der Waals surface area contributed by atoms with Gasteiger partial charge in [0.1, 0.15) is 0 Å². The Morgan fingerprint density at radius 2 is 2.33 bits per heavy atom. The number of methoxy groups -OCH3 is 1. The number of rotatable bonds is 2. The smallest absolute Gasteiger partial charge is 0.228 e. The summed E-state index contributed by atoms with van der Waals surface area (Å²) in [6.07, 6.45) is 1.70. The molecule has 1 aromatic heterocycles. The molecule has 2 N–H and O–H groups in total. The monoisotopic (exact) mass is 208 g/mol. The molecule has 1 aromatic rings. The van der Waals surface area contributed by atoms with Crippen molar-refractivity contribution in [3.8, 4) is 5.88 Å². The van der Waals surface area contributed by atoms with Gasteiger partial charge in [0, 0.05) is 31.4 Å². The average molecular weight is 208 g/mol. The van der Waals surface area contributed by atoms with Gasteiger partial charge in [0.25, 0.3) is 0 Å². The molecule has 82 valence electrons. The van der Waals surface area contributed by atoms with Gasteiger partial charge in [0.15, 0.2) is 0 Å². The average Bonchev–Trinajstić information content (AvgIpc) is 2.59. The first-order valence-corrected chi connectivity index (χ1v) is 5.08. The molecular weight excluding hydrogens is 192 g/mol. The van der Waals surface area contributed by atoms with Crippen LogP contribution in [0.25, 0.3) is 0 Å². The zero-order valence-electron chi connectivity index (χ0n) is 9.05. The van der Waals surface area contributed by atoms with Gasteiger partial charge in [-0.3, -0.25) is 0 Å². The zero-order valence-corrected chi connectivity index (χ0v) is 9.05. The van der Waals surface area contributed by atoms with E-state index in [4.69, 9.17) is 10.5 Å². The second-order valence-corrected chi connectivity index (χ2v) is 3.95. The third-order valence-electron chi connectivity index (χ3n) is 2.78. The number of nitrogens with two attached hydrogens (primary N) is 1. The Morgan fingerprint density at radius 3 is 2.93 bits per heavy atom. The summed E-state index contributed by atoms with van der Waals surface area (Å²) < 4.78 is 5.06. The molecule has 0 saturated carbocycles. The van der Waals surface area contributed by atoms with E-state index >= 15 is 0 Å². The Labute approximate surface area is 89.3 Å². The van der Waals surface area contributed by atoms with E-state index < -0.39 is 0 Å². The molecule has 5 nitrogen and oxygen atoms in total. The molecular formula is C10H16N4O. The molecule has 0 aliphatic carbocycles. The van der Waals surface area contributed by atoms with Gasteiger partial charge in [0.05, 0.1) is 7.11 Å². The standard InChI is InChI=1S/C10H16N4O/c1-7-5-14(6-8(7)11)10-12-4-3-9(13-10)15-2/h3-4,7-8H,5-6,11H2,1-2H3. The fourth-order valence-electron chi connectivity index (χ4n) is 1.75. The van der Waals surface area contributed by atoms with Crippen molar-refractivity contribution in [2.45, 2.75) is 13.0 Å². The van der Waals surface area contributed by atoms with Crippen LogP contribution in [0.5, 0.6) is 5.88 Å². The van der Waals surface area contributed by atoms with Gasteiger partial charge < -0.3 is 15.4 Å². The molecule has 2 atom stereocenters. The van der Waals surface area contributed by atoms with Gasteiger partial charge in [-0.05, 0) is 5.92 Å². The minimum atomic E-state index is 0.208. The summed E-state index contributed by atoms with van der Waals surface area (Å²) in [6, 6.07) is 1.95. The van der Waals surface area contributed by atoms with Crippen LogP contribution in [0.1, 0.15) is 6.92 Å². The Bertz CT molecular complexity index is 334. The van der Waals surface area contributed by atoms with E-state index in [0.717, 1.165) is 13.1 Å². The molecule has 1 aliphatic rings. The van der Waals surface area contributed by atoms with Crippen molar-refractivity contribution in [3.05, 3.63) is 12.3 Å². The lowest BCUT2D eigenvalue weighted by atomic mass is 10.1. The number of aromatic nitrogens is 2. The van der Waals surface area contributed by atoms with Crippen molar-refractivity contribution in [2.75, 3.05) is 25.1 Å². The molecule has 5 heteroatoms. The minimum absolute atomic E-state index is 0.208. The Hall–Kier alpha value is -1.36. The van der Waals surface area contributed by atoms with Gasteiger partial charge >= 0.3 is 0 Å². The Kier molecular flexibility index (Phi) is 2.73. The van der Waals surface area contributed by atoms with E-state index in [9.17, 15) is 0 Å². The summed E-state index contributed by atoms with van der Waals surface area (Å²) in [5.41, 5.74) is 5.95. The van der Waals surface area contributed by atoms with Crippen molar-refractivity contribution >= 4 is 5.95 Å². The highest BCUT2D eigenvalue weighted by Crippen LogP contribution is 2.20. The topological polar surface area (TPSA) is 64.3 Å². The van der Waals surface area contributed by atoms with Crippen LogP contribution < -0.4 is 15.4 Å². The zero-order chi connectivity index (χ0) is 10.8. The predicted molar refractivity (Wildman–Crippen MR) is 57.9 cm³/mol. The van der Waals surface area contributed by atoms with Crippen LogP contribution in [0.2, 0.25) is 0 Å². The highest BCUT2D eigenvalue weighted by molar-refractivity contribution is 5.34. The van der Waals surface area contributed by atoms with Crippen LogP contribution in [0, 0.1) is 5.92 Å². The van der Waals surface area contributed by atoms with E-state index in [0.29, 0.717) is 17.7 Å². The maximum atomic E-state index is 5.95. The third kappa shape index (κ3) is 2.02. The first-order chi connectivity index (χ1) is 7.20. The summed E-state index contributed by atoms with van der Waals surface area (Å²) in [5, 5.41) is 0. The van der Waals surface area contributed by atoms with Crippen LogP contribution in [-0.4, -0.2) is 36.2 Å². The largest absolute Gasteiger partial charge is 0.481 e. The predicted octanol–water partition coefficient (Wildman–Crippen LogP) is 0.269. The second-order valence-electron chi connectivity index (χ2n) is 3.95. The van der Waals surface area contributed by atoms with Gasteiger partial charge in [-0.1, -0.05) is 6.92 Å². The summed E-state index contributed by atoms with van der Waals surface area (Å²) in [6.45, 7) is 3.87. The number of nitrogens with zero attached hydrogens (tertiary/aromatic N) is 3. The lowest BCUT2D eigenvalue weighted by Gasteiger charge is -2.15. The Balaban J connectivity index is 2.16. The fraction of sp³-hybridized carbons (Fsp3) is 0.600. The summed E-state index contributed by atoms with van der Waals surface area (Å²) in [4.78, 5) is 10.6. The number of ether oxygens (including phenoxy) is 1. The van der Waals surface area contributed by atoms with Gasteiger partial charge in [-0.2, -0.15) is 4.98 Å². The van der Waals surface area contributed by atoms with E-state index in [-0.39, 0.29) is 6.04 Å². The maximum absolute atomic E-state index is 5.95. The highest BCUT2D eigenvalue weighted by Gasteiger charge is 2.28. The van der Waals surface area contributed by atoms with E-state index in [2.05, 4.69) is 21.8 Å². The first-order valence-electron chi connectivity index (χ1n) is 5.08. The molecule has 1 aliphatic heterocycles. The molecule has 2 heterocycles. The van der Waals surface area contributed by atoms with Crippen LogP contribution in [0.3, 0.4) is 0 Å². The highest BCUT2D eigenvalue weighted by atomic mass is 16.5. The quantitative estimate of drug-likeness (QED) is 0.755. The van der Waals surface area contributed by atoms with Crippen LogP contribution >= 0.6 is 0 Å². The molecule has 15 heavy (non-hydrogen) atoms. The summed E-state index contributed by atoms with van der Waals surface area (Å²) >= 11 is 0. The second kappa shape index (κ2) is 4.02. The van der Waals surface area contributed by atoms with Crippen LogP contribution in [0.15, 0.2) is 12.3 Å². The molecule has 0 bridgehead atoms. The number of hydrogen-bond donors (Lipinski definition) is 1. The van der Waals surface area contributed by atoms with Gasteiger partial charge in [0.2, 0.25) is 11.8 Å². The molecule has 0 aromatic carbocycles. The van der Waals surface area contributed by atoms with Crippen molar-refractivity contribution < 1.29 is 4.74 Å². The van der Waals surface area contributed by atoms with Crippen molar-refractivity contribution in [1.29, 1.82) is 0 Å². The van der Waals surface area contributed by atoms with E-state index in [1.807, 2.05) is 0 Å². The van der Waals surface area contributed by atoms with Gasteiger partial charge in [-0.15, -0.1) is 0 Å². The van der Waals surface area contributed by atoms with E-state index in [1.54, 1.807) is 19.4 Å². The minimum Gasteiger partial charge on any atom is -0.481 e. The maximum Gasteiger partial charge on any atom is 0.228 e. The van der Waals surface area contributed by atoms with Crippen molar-refractivity contribution in [2.24, 2.45) is 11.7 Å². The lowest BCUT2D eigenvalue weighted by Crippen LogP contribution is -2.29. The fourth-order valence-corrected chi connectivity index (χ4v) is 1.75. The van der Waals surface area contributed by atoms with Gasteiger partial charge in [-0.25, -0.2) is 4.98 Å². The molecule has 2 unspecified atom stereocenters. The summed E-state index contributed by atoms with van der Waals surface area (Å²) in [7, 11) is 1.60. The molecule has 1 fully saturated rings. The molecule has 1 saturated heterocycles. The number of anilines is 1. The molecule has 0 radical (unpaired) electrons. The summed E-state index contributed by atoms with van der Waals surface area (Å²) in [5.74, 6) is 1.78. The lowest BCUT2D eigenvalue weighted by molar-refractivity contribution is 0.397. The van der Waals surface area contributed by atoms with Crippen molar-refractivity contribution in [1.82, 2.24) is 9.97 Å². The molecule has 0 spiro atoms. The van der Waals surface area contributed by atoms with Crippen LogP contribution in [0.4, 0.5) is 5.95 Å². The van der Waals surface area contributed by atoms with Crippen molar-refractivity contribution in [3.63, 3.8) is 0 Å². The normalized spacial score (nSPS) is 25.7. The third-order valence-corrected chi connectivity index (χ3v) is 2.78. The van der Waals surface area contributed by atoms with Crippen LogP contribution in [-0.2, 0) is 0 Å². The number of hydrogen-bond acceptors (Lipinski definition) is 5. The Morgan fingerprint density at radius 1 is 1.53 bits per heavy atom. The molecule has 0 amide bonds.